The predicted octanol–water partition coefficient (Wildman–Crippen LogP) is 2.68. The number of cyclic esters (lactones) is 2. The van der Waals surface area contributed by atoms with E-state index in [0.717, 1.165) is 0 Å². The van der Waals surface area contributed by atoms with Crippen LogP contribution in [0.2, 0.25) is 0 Å². The second-order valence-electron chi connectivity index (χ2n) is 22.0. The Labute approximate surface area is 479 Å². The monoisotopic (exact) mass is 1180 g/mol. The zero-order valence-corrected chi connectivity index (χ0v) is 46.3. The first kappa shape index (κ1) is 56.5. The number of fused-ring (bicyclic) bond motifs is 8. The average Bonchev–Trinajstić information content (AvgIpc) is 1.55. The van der Waals surface area contributed by atoms with Crippen molar-refractivity contribution in [2.45, 2.75) is 112 Å². The van der Waals surface area contributed by atoms with Gasteiger partial charge in [-0.05, 0) is 95.8 Å². The van der Waals surface area contributed by atoms with Gasteiger partial charge in [-0.15, -0.1) is 0 Å². The summed E-state index contributed by atoms with van der Waals surface area (Å²) in [4.78, 5) is 26.8. The van der Waals surface area contributed by atoms with Crippen molar-refractivity contribution < 1.29 is 125 Å². The first-order chi connectivity index (χ1) is 40.6. The van der Waals surface area contributed by atoms with Crippen molar-refractivity contribution in [1.29, 1.82) is 0 Å². The van der Waals surface area contributed by atoms with Gasteiger partial charge in [-0.1, -0.05) is 0 Å². The zero-order chi connectivity index (χ0) is 58.6. The van der Waals surface area contributed by atoms with E-state index >= 15 is 0 Å². The van der Waals surface area contributed by atoms with Crippen molar-refractivity contribution in [3.8, 4) is 57.5 Å². The molecule has 6 N–H and O–H groups in total. The largest absolute Gasteiger partial charge is 0.502 e. The van der Waals surface area contributed by atoms with Crippen LogP contribution in [0.4, 0.5) is 0 Å². The van der Waals surface area contributed by atoms with Crippen LogP contribution in [0.25, 0.3) is 0 Å². The third-order valence-corrected chi connectivity index (χ3v) is 17.5. The number of carbonyl (C=O) groups is 2. The Balaban J connectivity index is 0.000000157. The number of esters is 2. The highest BCUT2D eigenvalue weighted by Gasteiger charge is 2.58. The number of methoxy groups -OCH3 is 4. The van der Waals surface area contributed by atoms with Gasteiger partial charge in [-0.3, -0.25) is 9.59 Å². The van der Waals surface area contributed by atoms with Crippen molar-refractivity contribution in [3.63, 3.8) is 0 Å². The number of aliphatic hydroxyl groups is 4. The first-order valence-corrected chi connectivity index (χ1v) is 27.6. The summed E-state index contributed by atoms with van der Waals surface area (Å²) in [6.45, 7) is 3.86. The maximum absolute atomic E-state index is 13.4. The molecule has 4 aromatic carbocycles. The molecule has 0 aromatic heterocycles. The zero-order valence-electron chi connectivity index (χ0n) is 46.3. The number of hydrogen-bond acceptors (Lipinski definition) is 26. The summed E-state index contributed by atoms with van der Waals surface area (Å²) in [5, 5.41) is 65.0. The summed E-state index contributed by atoms with van der Waals surface area (Å²) in [7, 11) is 5.72. The minimum Gasteiger partial charge on any atom is -0.502 e. The van der Waals surface area contributed by atoms with Crippen LogP contribution in [-0.2, 0) is 57.0 Å². The number of aliphatic hydroxyl groups excluding tert-OH is 4. The Hall–Kier alpha value is -6.66. The van der Waals surface area contributed by atoms with Gasteiger partial charge in [0.05, 0.1) is 78.9 Å². The normalized spacial score (nSPS) is 36.5. The van der Waals surface area contributed by atoms with Gasteiger partial charge in [-0.25, -0.2) is 0 Å². The highest BCUT2D eigenvalue weighted by molar-refractivity contribution is 5.80. The highest BCUT2D eigenvalue weighted by Crippen LogP contribution is 2.59. The standard InChI is InChI=1S/2C29H32O13/c2*1-11-36-9-20-27(40-11)24(31)25(32)29(41-20)42-26-14-7-17-16(38-10-39-17)6-13(14)21(22-15(26)8-37-28(22)33)12-4-18(34-2)23(30)19(5-12)35-3/h2*4-7,11,15,20-22,24-27,29-32H,8-10H2,1-3H3/t2*11-,15?,20-,21-,22+,24-,25-,26?,27-,29+/m11/s1. The van der Waals surface area contributed by atoms with Gasteiger partial charge in [0.1, 0.15) is 48.8 Å². The molecule has 10 aliphatic rings. The number of aromatic hydroxyl groups is 2. The fourth-order valence-corrected chi connectivity index (χ4v) is 13.5. The molecule has 0 bridgehead atoms. The molecule has 6 fully saturated rings. The average molecular weight is 1180 g/mol. The van der Waals surface area contributed by atoms with Gasteiger partial charge in [0.25, 0.3) is 0 Å². The second kappa shape index (κ2) is 22.3. The molecule has 8 heterocycles. The number of phenolic OH excluding ortho intramolecular Hbond substituents is 2. The number of ether oxygens (including phenoxy) is 18. The molecule has 26 nitrogen and oxygen atoms in total. The van der Waals surface area contributed by atoms with Crippen LogP contribution in [0.3, 0.4) is 0 Å². The lowest BCUT2D eigenvalue weighted by Crippen LogP contribution is -2.63. The molecule has 4 unspecified atom stereocenters. The van der Waals surface area contributed by atoms with Crippen LogP contribution in [0.5, 0.6) is 57.5 Å². The SMILES string of the molecule is COc1cc([C@@H]2c3cc4c(cc3C(O[C@@H]3O[C@@H]5CO[C@@H](C)O[C@H]5[C@H](O)[C@H]3O)C3COC(=O)[C@@H]32)OCO4)cc(OC)c1O.COc1cc([C@@H]2c3cc4c(cc3C(O[C@@H]3O[C@@H]5CO[C@@H](C)O[C@H]5[C@H](O)[C@H]3O)C3COC(=O)[C@@H]32)OCO4)cc(OC)c1O. The van der Waals surface area contributed by atoms with Crippen LogP contribution >= 0.6 is 0 Å². The molecule has 0 spiro atoms. The number of rotatable bonds is 10. The molecule has 0 radical (unpaired) electrons. The highest BCUT2D eigenvalue weighted by atomic mass is 16.8. The molecule has 6 saturated heterocycles. The summed E-state index contributed by atoms with van der Waals surface area (Å²) >= 11 is 0. The molecule has 26 heteroatoms. The molecule has 2 aliphatic carbocycles. The molecular weight excluding hydrogens is 1110 g/mol. The van der Waals surface area contributed by atoms with Crippen molar-refractivity contribution in [2.75, 3.05) is 68.5 Å². The molecule has 452 valence electrons. The van der Waals surface area contributed by atoms with E-state index < -0.39 is 134 Å². The minimum absolute atomic E-state index is 0.0301. The van der Waals surface area contributed by atoms with Gasteiger partial charge >= 0.3 is 11.9 Å². The smallest absolute Gasteiger partial charge is 0.310 e. The van der Waals surface area contributed by atoms with Crippen LogP contribution in [0.1, 0.15) is 71.3 Å². The topological polar surface area (TPSA) is 322 Å². The van der Waals surface area contributed by atoms with Crippen LogP contribution in [-0.4, -0.2) is 185 Å². The molecule has 4 aromatic rings. The first-order valence-electron chi connectivity index (χ1n) is 27.6. The van der Waals surface area contributed by atoms with Crippen molar-refractivity contribution in [3.05, 3.63) is 81.9 Å². The van der Waals surface area contributed by atoms with Gasteiger partial charge < -0.3 is 116 Å². The Morgan fingerprint density at radius 2 is 0.786 bits per heavy atom. The minimum atomic E-state index is -1.44. The molecule has 8 aliphatic heterocycles. The second-order valence-corrected chi connectivity index (χ2v) is 22.0. The Morgan fingerprint density at radius 3 is 1.13 bits per heavy atom. The van der Waals surface area contributed by atoms with Crippen LogP contribution in [0, 0.1) is 23.7 Å². The van der Waals surface area contributed by atoms with E-state index in [9.17, 15) is 40.2 Å². The van der Waals surface area contributed by atoms with E-state index in [2.05, 4.69) is 0 Å². The summed E-state index contributed by atoms with van der Waals surface area (Å²) < 4.78 is 103. The van der Waals surface area contributed by atoms with Crippen LogP contribution < -0.4 is 37.9 Å². The number of benzene rings is 4. The lowest BCUT2D eigenvalue weighted by molar-refractivity contribution is -0.364. The molecule has 20 atom stereocenters. The lowest BCUT2D eigenvalue weighted by atomic mass is 9.66. The third kappa shape index (κ3) is 9.50. The maximum Gasteiger partial charge on any atom is 0.310 e. The quantitative estimate of drug-likeness (QED) is 0.124. The van der Waals surface area contributed by atoms with Gasteiger partial charge in [0, 0.05) is 23.7 Å². The molecule has 14 rings (SSSR count). The Morgan fingerprint density at radius 1 is 0.440 bits per heavy atom. The summed E-state index contributed by atoms with van der Waals surface area (Å²) in [6, 6.07) is 13.9. The maximum atomic E-state index is 13.4. The van der Waals surface area contributed by atoms with Gasteiger partial charge in [-0.2, -0.15) is 0 Å². The predicted molar refractivity (Wildman–Crippen MR) is 277 cm³/mol. The third-order valence-electron chi connectivity index (χ3n) is 17.5. The van der Waals surface area contributed by atoms with E-state index in [-0.39, 0.29) is 74.5 Å². The fraction of sp³-hybridized carbons (Fsp3) is 0.552. The van der Waals surface area contributed by atoms with E-state index in [4.69, 9.17) is 85.3 Å². The molecular formula is C58H64O26. The van der Waals surface area contributed by atoms with Gasteiger partial charge in [0.2, 0.25) is 25.1 Å². The fourth-order valence-electron chi connectivity index (χ4n) is 13.5. The summed E-state index contributed by atoms with van der Waals surface area (Å²) in [5.41, 5.74) is 4.03. The number of phenols is 2. The van der Waals surface area contributed by atoms with E-state index in [0.29, 0.717) is 56.4 Å². The number of hydrogen-bond donors (Lipinski definition) is 6. The van der Waals surface area contributed by atoms with Crippen LogP contribution in [0.15, 0.2) is 48.5 Å². The Kier molecular flexibility index (Phi) is 15.0. The van der Waals surface area contributed by atoms with E-state index in [1.807, 2.05) is 0 Å². The molecule has 84 heavy (non-hydrogen) atoms. The summed E-state index contributed by atoms with van der Waals surface area (Å²) in [6.07, 6.45) is -13.6. The molecule has 0 saturated carbocycles. The Bertz CT molecular complexity index is 2910. The number of carbonyl (C=O) groups excluding carboxylic acids is 2. The van der Waals surface area contributed by atoms with E-state index in [1.54, 1.807) is 62.4 Å². The van der Waals surface area contributed by atoms with Crippen molar-refractivity contribution in [1.82, 2.24) is 0 Å². The van der Waals surface area contributed by atoms with Crippen molar-refractivity contribution in [2.24, 2.45) is 23.7 Å². The molecule has 0 amide bonds. The van der Waals surface area contributed by atoms with E-state index in [1.165, 1.54) is 28.4 Å². The van der Waals surface area contributed by atoms with Gasteiger partial charge in [0.15, 0.2) is 71.2 Å². The van der Waals surface area contributed by atoms with Crippen molar-refractivity contribution >= 4 is 11.9 Å². The lowest BCUT2D eigenvalue weighted by Gasteiger charge is -2.47. The summed E-state index contributed by atoms with van der Waals surface area (Å²) in [5.74, 6) is -2.05.